The Morgan fingerprint density at radius 2 is 1.92 bits per heavy atom. The molecule has 0 bridgehead atoms. The minimum absolute atomic E-state index is 0.0157. The maximum atomic E-state index is 12.5. The lowest BCUT2D eigenvalue weighted by molar-refractivity contribution is -0.162. The monoisotopic (exact) mass is 363 g/mol. The van der Waals surface area contributed by atoms with Gasteiger partial charge < -0.3 is 15.1 Å². The maximum absolute atomic E-state index is 12.5. The number of rotatable bonds is 4. The lowest BCUT2D eigenvalue weighted by atomic mass is 9.91. The Morgan fingerprint density at radius 3 is 2.56 bits per heavy atom. The second-order valence-electron chi connectivity index (χ2n) is 6.15. The Balaban J connectivity index is 1.66. The Labute approximate surface area is 149 Å². The van der Waals surface area contributed by atoms with Crippen molar-refractivity contribution < 1.29 is 19.8 Å². The van der Waals surface area contributed by atoms with Crippen LogP contribution in [0, 0.1) is 0 Å². The van der Waals surface area contributed by atoms with Crippen molar-refractivity contribution in [1.29, 1.82) is 0 Å². The third-order valence-corrected chi connectivity index (χ3v) is 4.82. The van der Waals surface area contributed by atoms with E-state index in [1.165, 1.54) is 11.1 Å². The van der Waals surface area contributed by atoms with Gasteiger partial charge in [0.1, 0.15) is 0 Å². The largest absolute Gasteiger partial charge is 0.479 e. The van der Waals surface area contributed by atoms with Crippen LogP contribution in [0.5, 0.6) is 0 Å². The highest BCUT2D eigenvalue weighted by Gasteiger charge is 2.40. The Hall–Kier alpha value is -2.38. The molecule has 1 fully saturated rings. The van der Waals surface area contributed by atoms with Gasteiger partial charge in [-0.1, -0.05) is 29.8 Å². The summed E-state index contributed by atoms with van der Waals surface area (Å²) in [5, 5.41) is 23.8. The zero-order valence-corrected chi connectivity index (χ0v) is 14.2. The highest BCUT2D eigenvalue weighted by Crippen LogP contribution is 2.23. The van der Waals surface area contributed by atoms with Crippen molar-refractivity contribution in [3.63, 3.8) is 0 Å². The van der Waals surface area contributed by atoms with Gasteiger partial charge in [0.15, 0.2) is 5.60 Å². The molecule has 0 atom stereocenters. The van der Waals surface area contributed by atoms with Crippen molar-refractivity contribution in [1.82, 2.24) is 14.7 Å². The summed E-state index contributed by atoms with van der Waals surface area (Å²) in [5.41, 5.74) is -0.422. The third-order valence-electron chi connectivity index (χ3n) is 4.45. The lowest BCUT2D eigenvalue weighted by Crippen LogP contribution is -2.50. The number of aliphatic hydroxyl groups is 1. The molecule has 8 heteroatoms. The highest BCUT2D eigenvalue weighted by atomic mass is 35.5. The standard InChI is InChI=1S/C17H18ClN3O4/c18-14-4-2-1-3-12(14)10-21-11-13(9-19-21)15(22)20-7-5-17(25,6-8-20)16(23)24/h1-4,9,11,25H,5-8,10H2,(H,23,24). The molecule has 3 rings (SSSR count). The van der Waals surface area contributed by atoms with Crippen LogP contribution in [0.15, 0.2) is 36.7 Å². The molecule has 2 aromatic rings. The Kier molecular flexibility index (Phi) is 4.78. The summed E-state index contributed by atoms with van der Waals surface area (Å²) >= 11 is 6.13. The fourth-order valence-corrected chi connectivity index (χ4v) is 3.03. The number of hydrogen-bond acceptors (Lipinski definition) is 4. The fraction of sp³-hybridized carbons (Fsp3) is 0.353. The maximum Gasteiger partial charge on any atom is 0.335 e. The average Bonchev–Trinajstić information content (AvgIpc) is 3.05. The van der Waals surface area contributed by atoms with Gasteiger partial charge in [0.2, 0.25) is 0 Å². The first-order valence-corrected chi connectivity index (χ1v) is 8.28. The molecule has 1 saturated heterocycles. The smallest absolute Gasteiger partial charge is 0.335 e. The second kappa shape index (κ2) is 6.85. The molecule has 0 radical (unpaired) electrons. The summed E-state index contributed by atoms with van der Waals surface area (Å²) in [6.45, 7) is 0.834. The van der Waals surface area contributed by atoms with Crippen molar-refractivity contribution in [2.24, 2.45) is 0 Å². The number of aromatic nitrogens is 2. The van der Waals surface area contributed by atoms with Gasteiger partial charge in [0, 0.05) is 37.2 Å². The molecular weight excluding hydrogens is 346 g/mol. The predicted octanol–water partition coefficient (Wildman–Crippen LogP) is 1.64. The first-order chi connectivity index (χ1) is 11.9. The molecule has 0 saturated carbocycles. The third kappa shape index (κ3) is 3.67. The molecule has 7 nitrogen and oxygen atoms in total. The molecule has 2 heterocycles. The zero-order valence-electron chi connectivity index (χ0n) is 13.4. The molecule has 0 aliphatic carbocycles. The summed E-state index contributed by atoms with van der Waals surface area (Å²) < 4.78 is 1.63. The molecule has 132 valence electrons. The van der Waals surface area contributed by atoms with Crippen LogP contribution in [0.3, 0.4) is 0 Å². The van der Waals surface area contributed by atoms with E-state index in [1.54, 1.807) is 16.9 Å². The average molecular weight is 364 g/mol. The number of carbonyl (C=O) groups is 2. The van der Waals surface area contributed by atoms with Crippen LogP contribution < -0.4 is 0 Å². The molecule has 1 aliphatic rings. The van der Waals surface area contributed by atoms with Gasteiger partial charge in [-0.2, -0.15) is 5.10 Å². The molecule has 25 heavy (non-hydrogen) atoms. The highest BCUT2D eigenvalue weighted by molar-refractivity contribution is 6.31. The first kappa shape index (κ1) is 17.4. The number of carboxylic acids is 1. The van der Waals surface area contributed by atoms with Gasteiger partial charge in [-0.15, -0.1) is 0 Å². The number of likely N-dealkylation sites (tertiary alicyclic amines) is 1. The SMILES string of the molecule is O=C(c1cnn(Cc2ccccc2Cl)c1)N1CCC(O)(C(=O)O)CC1. The van der Waals surface area contributed by atoms with E-state index >= 15 is 0 Å². The number of hydrogen-bond donors (Lipinski definition) is 2. The summed E-state index contributed by atoms with van der Waals surface area (Å²) in [7, 11) is 0. The van der Waals surface area contributed by atoms with Crippen molar-refractivity contribution in [2.45, 2.75) is 25.0 Å². The van der Waals surface area contributed by atoms with E-state index in [1.807, 2.05) is 18.2 Å². The van der Waals surface area contributed by atoms with Crippen LogP contribution in [-0.4, -0.2) is 55.5 Å². The van der Waals surface area contributed by atoms with Gasteiger partial charge in [-0.3, -0.25) is 9.48 Å². The van der Waals surface area contributed by atoms with E-state index in [0.29, 0.717) is 17.1 Å². The van der Waals surface area contributed by atoms with E-state index in [2.05, 4.69) is 5.10 Å². The molecular formula is C17H18ClN3O4. The van der Waals surface area contributed by atoms with Crippen molar-refractivity contribution in [3.8, 4) is 0 Å². The number of aliphatic carboxylic acids is 1. The van der Waals surface area contributed by atoms with E-state index in [0.717, 1.165) is 5.56 Å². The molecule has 1 aromatic carbocycles. The van der Waals surface area contributed by atoms with Gasteiger partial charge in [0.25, 0.3) is 5.91 Å². The van der Waals surface area contributed by atoms with Crippen LogP contribution in [0.25, 0.3) is 0 Å². The van der Waals surface area contributed by atoms with Crippen molar-refractivity contribution >= 4 is 23.5 Å². The van der Waals surface area contributed by atoms with Crippen LogP contribution in [0.1, 0.15) is 28.8 Å². The molecule has 0 unspecified atom stereocenters. The molecule has 1 aromatic heterocycles. The van der Waals surface area contributed by atoms with E-state index < -0.39 is 11.6 Å². The van der Waals surface area contributed by atoms with Crippen molar-refractivity contribution in [3.05, 3.63) is 52.8 Å². The summed E-state index contributed by atoms with van der Waals surface area (Å²) in [4.78, 5) is 25.1. The lowest BCUT2D eigenvalue weighted by Gasteiger charge is -2.35. The number of nitrogens with zero attached hydrogens (tertiary/aromatic N) is 3. The summed E-state index contributed by atoms with van der Waals surface area (Å²) in [6.07, 6.45) is 3.16. The molecule has 0 spiro atoms. The van der Waals surface area contributed by atoms with Gasteiger partial charge in [-0.25, -0.2) is 4.79 Å². The zero-order chi connectivity index (χ0) is 18.0. The topological polar surface area (TPSA) is 95.7 Å². The molecule has 1 aliphatic heterocycles. The molecule has 1 amide bonds. The normalized spacial score (nSPS) is 16.6. The van der Waals surface area contributed by atoms with Crippen LogP contribution >= 0.6 is 11.6 Å². The second-order valence-corrected chi connectivity index (χ2v) is 6.55. The number of benzene rings is 1. The van der Waals surface area contributed by atoms with E-state index in [4.69, 9.17) is 16.7 Å². The fourth-order valence-electron chi connectivity index (χ4n) is 2.84. The minimum atomic E-state index is -1.75. The predicted molar refractivity (Wildman–Crippen MR) is 90.5 cm³/mol. The number of carboxylic acid groups (broad SMARTS) is 1. The minimum Gasteiger partial charge on any atom is -0.479 e. The van der Waals surface area contributed by atoms with Gasteiger partial charge >= 0.3 is 5.97 Å². The van der Waals surface area contributed by atoms with Crippen LogP contribution in [0.2, 0.25) is 5.02 Å². The number of carbonyl (C=O) groups excluding carboxylic acids is 1. The Morgan fingerprint density at radius 1 is 1.24 bits per heavy atom. The van der Waals surface area contributed by atoms with Gasteiger partial charge in [0.05, 0.1) is 18.3 Å². The van der Waals surface area contributed by atoms with E-state index in [9.17, 15) is 14.7 Å². The summed E-state index contributed by atoms with van der Waals surface area (Å²) in [6, 6.07) is 7.42. The number of amides is 1. The van der Waals surface area contributed by atoms with Crippen LogP contribution in [0.4, 0.5) is 0 Å². The van der Waals surface area contributed by atoms with Crippen LogP contribution in [-0.2, 0) is 11.3 Å². The number of piperidine rings is 1. The Bertz CT molecular complexity index is 797. The van der Waals surface area contributed by atoms with E-state index in [-0.39, 0.29) is 31.8 Å². The first-order valence-electron chi connectivity index (χ1n) is 7.90. The number of halogens is 1. The molecule has 2 N–H and O–H groups in total. The van der Waals surface area contributed by atoms with Gasteiger partial charge in [-0.05, 0) is 11.6 Å². The summed E-state index contributed by atoms with van der Waals surface area (Å²) in [5.74, 6) is -1.47. The quantitative estimate of drug-likeness (QED) is 0.860. The van der Waals surface area contributed by atoms with Crippen molar-refractivity contribution in [2.75, 3.05) is 13.1 Å².